The Labute approximate surface area is 137 Å². The summed E-state index contributed by atoms with van der Waals surface area (Å²) in [6.45, 7) is 3.44. The minimum absolute atomic E-state index is 0.112. The van der Waals surface area contributed by atoms with E-state index in [2.05, 4.69) is 17.3 Å². The lowest BCUT2D eigenvalue weighted by atomic mass is 10.2. The first-order valence-electron chi connectivity index (χ1n) is 7.08. The fourth-order valence-electron chi connectivity index (χ4n) is 2.30. The fraction of sp³-hybridized carbons (Fsp3) is 0.250. The van der Waals surface area contributed by atoms with Crippen LogP contribution in [0.1, 0.15) is 16.6 Å². The number of amides is 1. The Balaban J connectivity index is 1.64. The monoisotopic (exact) mass is 333 g/mol. The molecule has 0 radical (unpaired) electrons. The molecule has 0 saturated heterocycles. The number of fused-ring (bicyclic) bond motifs is 1. The minimum Gasteiger partial charge on any atom is -0.351 e. The molecule has 4 nitrogen and oxygen atoms in total. The number of nitrogens with zero attached hydrogens (tertiary/aromatic N) is 2. The van der Waals surface area contributed by atoms with E-state index in [1.54, 1.807) is 6.20 Å². The molecular weight excluding hydrogens is 318 g/mol. The lowest BCUT2D eigenvalue weighted by Crippen LogP contribution is -2.29. The zero-order valence-corrected chi connectivity index (χ0v) is 13.7. The van der Waals surface area contributed by atoms with Crippen LogP contribution in [0.25, 0.3) is 10.1 Å². The van der Waals surface area contributed by atoms with Crippen LogP contribution < -0.4 is 5.32 Å². The second-order valence-electron chi connectivity index (χ2n) is 5.28. The molecular formula is C16H16ClN3OS. The van der Waals surface area contributed by atoms with E-state index in [4.69, 9.17) is 11.6 Å². The Bertz CT molecular complexity index is 782. The summed E-state index contributed by atoms with van der Waals surface area (Å²) in [5.74, 6) is 0.176. The standard InChI is InChI=1S/C16H16ClN3OS/c1-11(10-20-8-4-7-19-20)9-18-16(21)15-14(17)12-5-2-3-6-13(12)22-15/h2-8,11H,9-10H2,1H3,(H,18,21)/t11-/m1/s1. The highest BCUT2D eigenvalue weighted by molar-refractivity contribution is 7.21. The van der Waals surface area contributed by atoms with Crippen molar-refractivity contribution in [3.8, 4) is 0 Å². The topological polar surface area (TPSA) is 46.9 Å². The van der Waals surface area contributed by atoms with Crippen LogP contribution >= 0.6 is 22.9 Å². The summed E-state index contributed by atoms with van der Waals surface area (Å²) in [5.41, 5.74) is 0. The molecule has 0 saturated carbocycles. The zero-order chi connectivity index (χ0) is 15.5. The van der Waals surface area contributed by atoms with Crippen molar-refractivity contribution < 1.29 is 4.79 Å². The SMILES string of the molecule is C[C@H](CNC(=O)c1sc2ccccc2c1Cl)Cn1cccn1. The van der Waals surface area contributed by atoms with Crippen molar-refractivity contribution in [1.82, 2.24) is 15.1 Å². The van der Waals surface area contributed by atoms with Crippen LogP contribution in [0.4, 0.5) is 0 Å². The molecule has 2 heterocycles. The Kier molecular flexibility index (Phi) is 4.45. The molecule has 1 aromatic carbocycles. The molecule has 0 spiro atoms. The number of hydrogen-bond acceptors (Lipinski definition) is 3. The van der Waals surface area contributed by atoms with E-state index in [1.165, 1.54) is 11.3 Å². The van der Waals surface area contributed by atoms with Gasteiger partial charge in [-0.1, -0.05) is 36.7 Å². The molecule has 22 heavy (non-hydrogen) atoms. The fourth-order valence-corrected chi connectivity index (χ4v) is 3.73. The van der Waals surface area contributed by atoms with E-state index in [0.717, 1.165) is 16.6 Å². The van der Waals surface area contributed by atoms with E-state index in [1.807, 2.05) is 41.2 Å². The van der Waals surface area contributed by atoms with Crippen LogP contribution in [-0.2, 0) is 6.54 Å². The molecule has 0 aliphatic heterocycles. The van der Waals surface area contributed by atoms with Gasteiger partial charge in [-0.3, -0.25) is 9.48 Å². The van der Waals surface area contributed by atoms with Crippen molar-refractivity contribution in [2.24, 2.45) is 5.92 Å². The van der Waals surface area contributed by atoms with E-state index in [9.17, 15) is 4.79 Å². The van der Waals surface area contributed by atoms with Gasteiger partial charge in [-0.25, -0.2) is 0 Å². The van der Waals surface area contributed by atoms with Gasteiger partial charge in [0.15, 0.2) is 0 Å². The van der Waals surface area contributed by atoms with Crippen molar-refractivity contribution in [3.05, 3.63) is 52.6 Å². The maximum atomic E-state index is 12.3. The zero-order valence-electron chi connectivity index (χ0n) is 12.1. The Morgan fingerprint density at radius 3 is 2.95 bits per heavy atom. The maximum Gasteiger partial charge on any atom is 0.262 e. The summed E-state index contributed by atoms with van der Waals surface area (Å²) in [6.07, 6.45) is 3.67. The summed E-state index contributed by atoms with van der Waals surface area (Å²) in [5, 5.41) is 8.60. The third-order valence-electron chi connectivity index (χ3n) is 3.41. The first kappa shape index (κ1) is 15.1. The van der Waals surface area contributed by atoms with E-state index < -0.39 is 0 Å². The van der Waals surface area contributed by atoms with Crippen LogP contribution in [-0.4, -0.2) is 22.2 Å². The van der Waals surface area contributed by atoms with Gasteiger partial charge in [0, 0.05) is 35.6 Å². The molecule has 1 amide bonds. The number of aromatic nitrogens is 2. The lowest BCUT2D eigenvalue weighted by Gasteiger charge is -2.12. The molecule has 1 atom stereocenters. The molecule has 3 aromatic rings. The molecule has 6 heteroatoms. The number of rotatable bonds is 5. The van der Waals surface area contributed by atoms with E-state index in [0.29, 0.717) is 16.4 Å². The highest BCUT2D eigenvalue weighted by Crippen LogP contribution is 2.34. The van der Waals surface area contributed by atoms with Gasteiger partial charge in [0.05, 0.1) is 5.02 Å². The van der Waals surface area contributed by atoms with Crippen LogP contribution in [0.15, 0.2) is 42.7 Å². The average Bonchev–Trinajstić information content (AvgIpc) is 3.13. The van der Waals surface area contributed by atoms with Gasteiger partial charge in [0.25, 0.3) is 5.91 Å². The Hall–Kier alpha value is -1.85. The van der Waals surface area contributed by atoms with E-state index >= 15 is 0 Å². The van der Waals surface area contributed by atoms with Gasteiger partial charge in [0.1, 0.15) is 4.88 Å². The van der Waals surface area contributed by atoms with E-state index in [-0.39, 0.29) is 11.8 Å². The van der Waals surface area contributed by atoms with Crippen molar-refractivity contribution >= 4 is 38.9 Å². The van der Waals surface area contributed by atoms with Gasteiger partial charge in [-0.2, -0.15) is 5.10 Å². The summed E-state index contributed by atoms with van der Waals surface area (Å²) < 4.78 is 2.89. The molecule has 0 fully saturated rings. The molecule has 0 aliphatic rings. The maximum absolute atomic E-state index is 12.3. The van der Waals surface area contributed by atoms with Crippen molar-refractivity contribution in [2.45, 2.75) is 13.5 Å². The second-order valence-corrected chi connectivity index (χ2v) is 6.71. The van der Waals surface area contributed by atoms with Gasteiger partial charge in [-0.05, 0) is 18.1 Å². The lowest BCUT2D eigenvalue weighted by molar-refractivity contribution is 0.0951. The predicted octanol–water partition coefficient (Wildman–Crippen LogP) is 3.82. The predicted molar refractivity (Wildman–Crippen MR) is 90.6 cm³/mol. The second kappa shape index (κ2) is 6.50. The summed E-state index contributed by atoms with van der Waals surface area (Å²) in [7, 11) is 0. The molecule has 3 rings (SSSR count). The summed E-state index contributed by atoms with van der Waals surface area (Å²) in [4.78, 5) is 12.9. The number of carbonyl (C=O) groups is 1. The Morgan fingerprint density at radius 1 is 1.41 bits per heavy atom. The normalized spacial score (nSPS) is 12.5. The van der Waals surface area contributed by atoms with Gasteiger partial charge in [-0.15, -0.1) is 11.3 Å². The summed E-state index contributed by atoms with van der Waals surface area (Å²) >= 11 is 7.75. The van der Waals surface area contributed by atoms with Crippen LogP contribution in [0.2, 0.25) is 5.02 Å². The Morgan fingerprint density at radius 2 is 2.23 bits per heavy atom. The molecule has 2 aromatic heterocycles. The van der Waals surface area contributed by atoms with Gasteiger partial charge in [0.2, 0.25) is 0 Å². The van der Waals surface area contributed by atoms with Gasteiger partial charge < -0.3 is 5.32 Å². The van der Waals surface area contributed by atoms with Gasteiger partial charge >= 0.3 is 0 Å². The number of halogens is 1. The average molecular weight is 334 g/mol. The van der Waals surface area contributed by atoms with Crippen LogP contribution in [0.5, 0.6) is 0 Å². The minimum atomic E-state index is -0.112. The van der Waals surface area contributed by atoms with Crippen LogP contribution in [0, 0.1) is 5.92 Å². The number of benzene rings is 1. The third-order valence-corrected chi connectivity index (χ3v) is 5.08. The van der Waals surface area contributed by atoms with Crippen molar-refractivity contribution in [3.63, 3.8) is 0 Å². The first-order chi connectivity index (χ1) is 10.6. The first-order valence-corrected chi connectivity index (χ1v) is 8.27. The molecule has 1 N–H and O–H groups in total. The number of thiophene rings is 1. The highest BCUT2D eigenvalue weighted by Gasteiger charge is 2.17. The molecule has 0 bridgehead atoms. The van der Waals surface area contributed by atoms with Crippen molar-refractivity contribution in [2.75, 3.05) is 6.54 Å². The molecule has 0 unspecified atom stereocenters. The molecule has 0 aliphatic carbocycles. The third kappa shape index (κ3) is 3.15. The van der Waals surface area contributed by atoms with Crippen molar-refractivity contribution in [1.29, 1.82) is 0 Å². The summed E-state index contributed by atoms with van der Waals surface area (Å²) in [6, 6.07) is 9.67. The highest BCUT2D eigenvalue weighted by atomic mass is 35.5. The van der Waals surface area contributed by atoms with Crippen LogP contribution in [0.3, 0.4) is 0 Å². The smallest absolute Gasteiger partial charge is 0.262 e. The number of carbonyl (C=O) groups excluding carboxylic acids is 1. The quantitative estimate of drug-likeness (QED) is 0.771. The number of nitrogens with one attached hydrogen (secondary N) is 1. The molecule has 114 valence electrons. The number of hydrogen-bond donors (Lipinski definition) is 1. The largest absolute Gasteiger partial charge is 0.351 e.